The third-order valence-corrected chi connectivity index (χ3v) is 3.44. The number of benzene rings is 1. The van der Waals surface area contributed by atoms with Gasteiger partial charge in [-0.25, -0.2) is 4.79 Å². The van der Waals surface area contributed by atoms with Crippen LogP contribution in [0.1, 0.15) is 6.92 Å². The number of carbonyl (C=O) groups excluding carboxylic acids is 1. The number of anilines is 2. The number of rotatable bonds is 3. The van der Waals surface area contributed by atoms with Gasteiger partial charge in [-0.2, -0.15) is 0 Å². The van der Waals surface area contributed by atoms with Crippen molar-refractivity contribution in [1.82, 2.24) is 9.13 Å². The van der Waals surface area contributed by atoms with Crippen LogP contribution < -0.4 is 26.9 Å². The highest BCUT2D eigenvalue weighted by Gasteiger charge is 2.24. The second-order valence-electron chi connectivity index (χ2n) is 4.80. The summed E-state index contributed by atoms with van der Waals surface area (Å²) >= 11 is 5.79. The zero-order valence-electron chi connectivity index (χ0n) is 12.7. The van der Waals surface area contributed by atoms with Gasteiger partial charge >= 0.3 is 5.69 Å². The third-order valence-electron chi connectivity index (χ3n) is 3.18. The summed E-state index contributed by atoms with van der Waals surface area (Å²) in [6, 6.07) is 6.19. The summed E-state index contributed by atoms with van der Waals surface area (Å²) < 4.78 is 1.89. The fourth-order valence-electron chi connectivity index (χ4n) is 1.90. The Hall–Kier alpha value is -2.74. The van der Waals surface area contributed by atoms with E-state index in [1.54, 1.807) is 12.1 Å². The molecule has 9 heteroatoms. The molecular weight excluding hydrogens is 324 g/mol. The molecule has 0 aliphatic carbocycles. The van der Waals surface area contributed by atoms with E-state index in [0.717, 1.165) is 14.2 Å². The van der Waals surface area contributed by atoms with E-state index in [4.69, 9.17) is 22.2 Å². The summed E-state index contributed by atoms with van der Waals surface area (Å²) in [7, 11) is 2.68. The predicted octanol–water partition coefficient (Wildman–Crippen LogP) is 0.667. The first-order chi connectivity index (χ1) is 10.7. The SMILES string of the molecule is CC(=O)N(Oc1ccc(Cl)cc1)c1c(N)n(C)c(=O)n(C)c1=O. The molecule has 1 aromatic heterocycles. The average molecular weight is 339 g/mol. The van der Waals surface area contributed by atoms with Gasteiger partial charge in [0.1, 0.15) is 5.82 Å². The minimum Gasteiger partial charge on any atom is -0.383 e. The number of nitrogen functional groups attached to an aromatic ring is 1. The van der Waals surface area contributed by atoms with Crippen LogP contribution in [0.3, 0.4) is 0 Å². The number of carbonyl (C=O) groups is 1. The van der Waals surface area contributed by atoms with E-state index < -0.39 is 17.2 Å². The lowest BCUT2D eigenvalue weighted by molar-refractivity contribution is -0.120. The number of nitrogens with two attached hydrogens (primary N) is 1. The minimum absolute atomic E-state index is 0.178. The molecule has 0 fully saturated rings. The normalized spacial score (nSPS) is 10.4. The molecule has 2 aromatic rings. The van der Waals surface area contributed by atoms with E-state index in [9.17, 15) is 14.4 Å². The molecular formula is C14H15ClN4O4. The van der Waals surface area contributed by atoms with E-state index >= 15 is 0 Å². The number of nitrogens with zero attached hydrogens (tertiary/aromatic N) is 3. The van der Waals surface area contributed by atoms with Crippen molar-refractivity contribution in [2.45, 2.75) is 6.92 Å². The molecule has 1 amide bonds. The molecule has 0 aliphatic heterocycles. The van der Waals surface area contributed by atoms with E-state index in [0.29, 0.717) is 5.02 Å². The molecule has 2 N–H and O–H groups in total. The van der Waals surface area contributed by atoms with Gasteiger partial charge in [0.05, 0.1) is 0 Å². The maximum atomic E-state index is 12.3. The topological polar surface area (TPSA) is 99.6 Å². The Morgan fingerprint density at radius 1 is 1.17 bits per heavy atom. The number of hydrogen-bond donors (Lipinski definition) is 1. The van der Waals surface area contributed by atoms with Crippen LogP contribution in [0.4, 0.5) is 11.5 Å². The van der Waals surface area contributed by atoms with Crippen LogP contribution in [-0.4, -0.2) is 15.0 Å². The van der Waals surface area contributed by atoms with Gasteiger partial charge in [-0.15, -0.1) is 5.06 Å². The van der Waals surface area contributed by atoms with Crippen LogP contribution in [0.2, 0.25) is 5.02 Å². The molecule has 2 rings (SSSR count). The lowest BCUT2D eigenvalue weighted by Gasteiger charge is -2.22. The van der Waals surface area contributed by atoms with Crippen molar-refractivity contribution in [2.24, 2.45) is 14.1 Å². The number of hydrogen-bond acceptors (Lipinski definition) is 5. The number of amides is 1. The quantitative estimate of drug-likeness (QED) is 0.829. The smallest absolute Gasteiger partial charge is 0.332 e. The van der Waals surface area contributed by atoms with Gasteiger partial charge in [-0.3, -0.25) is 18.7 Å². The molecule has 0 bridgehead atoms. The molecule has 0 radical (unpaired) electrons. The van der Waals surface area contributed by atoms with Gasteiger partial charge in [-0.1, -0.05) is 11.6 Å². The predicted molar refractivity (Wildman–Crippen MR) is 86.6 cm³/mol. The number of hydroxylamine groups is 1. The standard InChI is InChI=1S/C14H15ClN4O4/c1-8(20)19(23-10-6-4-9(15)5-7-10)11-12(16)17(2)14(22)18(3)13(11)21/h4-7H,16H2,1-3H3. The molecule has 1 aromatic carbocycles. The van der Waals surface area contributed by atoms with Crippen LogP contribution in [0.15, 0.2) is 33.9 Å². The van der Waals surface area contributed by atoms with Crippen LogP contribution in [-0.2, 0) is 18.9 Å². The number of halogens is 1. The van der Waals surface area contributed by atoms with Crippen molar-refractivity contribution in [1.29, 1.82) is 0 Å². The second-order valence-corrected chi connectivity index (χ2v) is 5.23. The molecule has 0 aliphatic rings. The molecule has 0 atom stereocenters. The van der Waals surface area contributed by atoms with Crippen LogP contribution in [0.5, 0.6) is 5.75 Å². The maximum Gasteiger partial charge on any atom is 0.332 e. The lowest BCUT2D eigenvalue weighted by Crippen LogP contribution is -2.45. The summed E-state index contributed by atoms with van der Waals surface area (Å²) in [6.45, 7) is 1.21. The molecule has 0 saturated carbocycles. The van der Waals surface area contributed by atoms with Gasteiger partial charge in [0, 0.05) is 26.0 Å². The van der Waals surface area contributed by atoms with Crippen LogP contribution in [0, 0.1) is 0 Å². The van der Waals surface area contributed by atoms with Crippen molar-refractivity contribution in [3.63, 3.8) is 0 Å². The summed E-state index contributed by atoms with van der Waals surface area (Å²) in [5.41, 5.74) is 4.24. The zero-order chi connectivity index (χ0) is 17.3. The molecule has 8 nitrogen and oxygen atoms in total. The largest absolute Gasteiger partial charge is 0.383 e. The Labute approximate surface area is 136 Å². The highest BCUT2D eigenvalue weighted by molar-refractivity contribution is 6.30. The molecule has 0 unspecified atom stereocenters. The first-order valence-corrected chi connectivity index (χ1v) is 6.91. The summed E-state index contributed by atoms with van der Waals surface area (Å²) in [5, 5.41) is 1.24. The average Bonchev–Trinajstić information content (AvgIpc) is 2.52. The second kappa shape index (κ2) is 6.17. The minimum atomic E-state index is -0.741. The van der Waals surface area contributed by atoms with Crippen molar-refractivity contribution < 1.29 is 9.63 Å². The third kappa shape index (κ3) is 3.07. The monoisotopic (exact) mass is 338 g/mol. The van der Waals surface area contributed by atoms with Crippen molar-refractivity contribution in [2.75, 3.05) is 10.8 Å². The van der Waals surface area contributed by atoms with Gasteiger partial charge in [0.25, 0.3) is 11.5 Å². The molecule has 122 valence electrons. The highest BCUT2D eigenvalue weighted by Crippen LogP contribution is 2.21. The fourth-order valence-corrected chi connectivity index (χ4v) is 2.03. The van der Waals surface area contributed by atoms with Gasteiger partial charge < -0.3 is 10.6 Å². The van der Waals surface area contributed by atoms with E-state index in [2.05, 4.69) is 0 Å². The molecule has 1 heterocycles. The molecule has 0 saturated heterocycles. The molecule has 23 heavy (non-hydrogen) atoms. The summed E-state index contributed by atoms with van der Waals surface area (Å²) in [4.78, 5) is 41.5. The number of aromatic nitrogens is 2. The van der Waals surface area contributed by atoms with Crippen molar-refractivity contribution >= 4 is 29.0 Å². The summed E-state index contributed by atoms with van der Waals surface area (Å²) in [6.07, 6.45) is 0. The lowest BCUT2D eigenvalue weighted by atomic mass is 10.3. The maximum absolute atomic E-state index is 12.3. The Kier molecular flexibility index (Phi) is 4.46. The van der Waals surface area contributed by atoms with Crippen LogP contribution >= 0.6 is 11.6 Å². The van der Waals surface area contributed by atoms with Gasteiger partial charge in [-0.05, 0) is 24.3 Å². The first kappa shape index (κ1) is 16.6. The van der Waals surface area contributed by atoms with E-state index in [1.165, 1.54) is 33.2 Å². The Morgan fingerprint density at radius 2 is 1.74 bits per heavy atom. The first-order valence-electron chi connectivity index (χ1n) is 6.53. The molecule has 0 spiro atoms. The fraction of sp³-hybridized carbons (Fsp3) is 0.214. The Balaban J connectivity index is 2.59. The van der Waals surface area contributed by atoms with E-state index in [-0.39, 0.29) is 17.3 Å². The van der Waals surface area contributed by atoms with Crippen molar-refractivity contribution in [3.05, 3.63) is 50.1 Å². The Morgan fingerprint density at radius 3 is 2.26 bits per heavy atom. The highest BCUT2D eigenvalue weighted by atomic mass is 35.5. The van der Waals surface area contributed by atoms with Crippen molar-refractivity contribution in [3.8, 4) is 5.75 Å². The summed E-state index contributed by atoms with van der Waals surface area (Å²) in [5.74, 6) is -0.482. The van der Waals surface area contributed by atoms with Crippen LogP contribution in [0.25, 0.3) is 0 Å². The van der Waals surface area contributed by atoms with E-state index in [1.807, 2.05) is 0 Å². The van der Waals surface area contributed by atoms with Gasteiger partial charge in [0.2, 0.25) is 0 Å². The Bertz CT molecular complexity index is 870. The zero-order valence-corrected chi connectivity index (χ0v) is 13.5. The van der Waals surface area contributed by atoms with Gasteiger partial charge in [0.15, 0.2) is 11.4 Å².